The molecule has 0 unspecified atom stereocenters. The summed E-state index contributed by atoms with van der Waals surface area (Å²) in [6.45, 7) is 0.243. The van der Waals surface area contributed by atoms with Crippen LogP contribution >= 0.6 is 11.6 Å². The Morgan fingerprint density at radius 3 is 2.61 bits per heavy atom. The molecule has 0 spiro atoms. The Bertz CT molecular complexity index is 555. The molecule has 1 aromatic carbocycles. The third-order valence-corrected chi connectivity index (χ3v) is 4.95. The lowest BCUT2D eigenvalue weighted by atomic mass is 10.1. The van der Waals surface area contributed by atoms with Crippen molar-refractivity contribution >= 4 is 27.3 Å². The maximum absolute atomic E-state index is 12.0. The van der Waals surface area contributed by atoms with Crippen LogP contribution in [0.3, 0.4) is 0 Å². The SMILES string of the molecule is Nc1cc(S(=O)(=O)NCC2(CO)CC2)ccc1Cl. The van der Waals surface area contributed by atoms with Gasteiger partial charge < -0.3 is 10.8 Å². The van der Waals surface area contributed by atoms with E-state index in [1.165, 1.54) is 18.2 Å². The molecule has 4 N–H and O–H groups in total. The fraction of sp³-hybridized carbons (Fsp3) is 0.455. The fourth-order valence-corrected chi connectivity index (χ4v) is 2.90. The van der Waals surface area contributed by atoms with Crippen molar-refractivity contribution in [1.29, 1.82) is 0 Å². The molecule has 0 aliphatic heterocycles. The number of halogens is 1. The van der Waals surface area contributed by atoms with Crippen molar-refractivity contribution in [2.75, 3.05) is 18.9 Å². The van der Waals surface area contributed by atoms with Crippen LogP contribution in [0.4, 0.5) is 5.69 Å². The molecule has 2 rings (SSSR count). The molecule has 0 atom stereocenters. The molecule has 1 fully saturated rings. The maximum atomic E-state index is 12.0. The number of aliphatic hydroxyl groups is 1. The number of rotatable bonds is 5. The second-order valence-electron chi connectivity index (χ2n) is 4.67. The van der Waals surface area contributed by atoms with Crippen molar-refractivity contribution in [3.05, 3.63) is 23.2 Å². The molecule has 0 amide bonds. The number of anilines is 1. The Balaban J connectivity index is 2.13. The van der Waals surface area contributed by atoms with Crippen molar-refractivity contribution in [1.82, 2.24) is 4.72 Å². The zero-order valence-corrected chi connectivity index (χ0v) is 11.3. The van der Waals surface area contributed by atoms with Gasteiger partial charge in [0.25, 0.3) is 0 Å². The van der Waals surface area contributed by atoms with Gasteiger partial charge in [-0.15, -0.1) is 0 Å². The first kappa shape index (κ1) is 13.6. The summed E-state index contributed by atoms with van der Waals surface area (Å²) in [5, 5.41) is 9.45. The van der Waals surface area contributed by atoms with Gasteiger partial charge in [0.1, 0.15) is 0 Å². The first-order valence-corrected chi connectivity index (χ1v) is 7.40. The van der Waals surface area contributed by atoms with E-state index in [-0.39, 0.29) is 29.1 Å². The third kappa shape index (κ3) is 2.77. The van der Waals surface area contributed by atoms with Gasteiger partial charge in [0.2, 0.25) is 10.0 Å². The predicted molar refractivity (Wildman–Crippen MR) is 69.8 cm³/mol. The molecule has 0 heterocycles. The highest BCUT2D eigenvalue weighted by molar-refractivity contribution is 7.89. The Morgan fingerprint density at radius 1 is 1.44 bits per heavy atom. The van der Waals surface area contributed by atoms with E-state index in [4.69, 9.17) is 22.4 Å². The monoisotopic (exact) mass is 290 g/mol. The van der Waals surface area contributed by atoms with Crippen LogP contribution < -0.4 is 10.5 Å². The van der Waals surface area contributed by atoms with Gasteiger partial charge in [0, 0.05) is 18.6 Å². The first-order chi connectivity index (χ1) is 8.38. The molecule has 7 heteroatoms. The van der Waals surface area contributed by atoms with Crippen molar-refractivity contribution in [3.63, 3.8) is 0 Å². The maximum Gasteiger partial charge on any atom is 0.240 e. The quantitative estimate of drug-likeness (QED) is 0.705. The Hall–Kier alpha value is -0.820. The minimum absolute atomic E-state index is 0.00171. The number of hydrogen-bond acceptors (Lipinski definition) is 4. The highest BCUT2D eigenvalue weighted by Gasteiger charge is 2.42. The average molecular weight is 291 g/mol. The second-order valence-corrected chi connectivity index (χ2v) is 6.84. The van der Waals surface area contributed by atoms with Crippen LogP contribution in [0.2, 0.25) is 5.02 Å². The van der Waals surface area contributed by atoms with Crippen LogP contribution in [0.1, 0.15) is 12.8 Å². The molecular weight excluding hydrogens is 276 g/mol. The molecule has 1 saturated carbocycles. The fourth-order valence-electron chi connectivity index (χ4n) is 1.59. The average Bonchev–Trinajstić information content (AvgIpc) is 3.11. The molecule has 1 aromatic rings. The first-order valence-electron chi connectivity index (χ1n) is 5.54. The van der Waals surface area contributed by atoms with Crippen molar-refractivity contribution in [2.24, 2.45) is 5.41 Å². The molecule has 0 radical (unpaired) electrons. The molecule has 100 valence electrons. The molecule has 1 aliphatic rings. The minimum Gasteiger partial charge on any atom is -0.397 e. The van der Waals surface area contributed by atoms with Gasteiger partial charge in [0.15, 0.2) is 0 Å². The highest BCUT2D eigenvalue weighted by Crippen LogP contribution is 2.44. The number of nitrogen functional groups attached to an aromatic ring is 1. The summed E-state index contributed by atoms with van der Waals surface area (Å²) >= 11 is 5.74. The lowest BCUT2D eigenvalue weighted by Gasteiger charge is -2.13. The minimum atomic E-state index is -3.60. The van der Waals surface area contributed by atoms with Crippen molar-refractivity contribution in [3.8, 4) is 0 Å². The van der Waals surface area contributed by atoms with E-state index in [9.17, 15) is 8.42 Å². The van der Waals surface area contributed by atoms with E-state index in [2.05, 4.69) is 4.72 Å². The van der Waals surface area contributed by atoms with Gasteiger partial charge in [-0.25, -0.2) is 13.1 Å². The molecule has 0 bridgehead atoms. The summed E-state index contributed by atoms with van der Waals surface area (Å²) in [6.07, 6.45) is 1.68. The highest BCUT2D eigenvalue weighted by atomic mass is 35.5. The summed E-state index contributed by atoms with van der Waals surface area (Å²) in [4.78, 5) is 0.0816. The lowest BCUT2D eigenvalue weighted by Crippen LogP contribution is -2.31. The summed E-state index contributed by atoms with van der Waals surface area (Å²) < 4.78 is 26.5. The standard InChI is InChI=1S/C11H15ClN2O3S/c12-9-2-1-8(5-10(9)13)18(16,17)14-6-11(7-15)3-4-11/h1-2,5,14-15H,3-4,6-7,13H2. The summed E-state index contributed by atoms with van der Waals surface area (Å²) in [5.74, 6) is 0. The summed E-state index contributed by atoms with van der Waals surface area (Å²) in [7, 11) is -3.60. The van der Waals surface area contributed by atoms with Crippen LogP contribution in [-0.4, -0.2) is 26.7 Å². The molecule has 18 heavy (non-hydrogen) atoms. The van der Waals surface area contributed by atoms with Gasteiger partial charge in [0.05, 0.1) is 15.6 Å². The lowest BCUT2D eigenvalue weighted by molar-refractivity contribution is 0.213. The van der Waals surface area contributed by atoms with E-state index in [0.717, 1.165) is 12.8 Å². The van der Waals surface area contributed by atoms with Crippen molar-refractivity contribution in [2.45, 2.75) is 17.7 Å². The number of aliphatic hydroxyl groups excluding tert-OH is 1. The van der Waals surface area contributed by atoms with Crippen molar-refractivity contribution < 1.29 is 13.5 Å². The Labute approximate surface area is 111 Å². The van der Waals surface area contributed by atoms with E-state index >= 15 is 0 Å². The number of nitrogens with two attached hydrogens (primary N) is 1. The summed E-state index contributed by atoms with van der Waals surface area (Å²) in [6, 6.07) is 4.17. The number of benzene rings is 1. The van der Waals surface area contributed by atoms with Crippen LogP contribution in [0.5, 0.6) is 0 Å². The van der Waals surface area contributed by atoms with Gasteiger partial charge in [-0.2, -0.15) is 0 Å². The number of nitrogens with one attached hydrogen (secondary N) is 1. The second kappa shape index (κ2) is 4.70. The zero-order chi connectivity index (χ0) is 13.4. The molecular formula is C11H15ClN2O3S. The zero-order valence-electron chi connectivity index (χ0n) is 9.69. The van der Waals surface area contributed by atoms with Crippen LogP contribution in [0, 0.1) is 5.41 Å². The Morgan fingerprint density at radius 2 is 2.11 bits per heavy atom. The number of sulfonamides is 1. The van der Waals surface area contributed by atoms with E-state index in [0.29, 0.717) is 5.02 Å². The van der Waals surface area contributed by atoms with Gasteiger partial charge in [-0.3, -0.25) is 0 Å². The number of hydrogen-bond donors (Lipinski definition) is 3. The molecule has 1 aliphatic carbocycles. The predicted octanol–water partition coefficient (Wildman–Crippen LogP) is 0.973. The normalized spacial score (nSPS) is 17.7. The van der Waals surface area contributed by atoms with E-state index < -0.39 is 10.0 Å². The van der Waals surface area contributed by atoms with Crippen LogP contribution in [0.15, 0.2) is 23.1 Å². The third-order valence-electron chi connectivity index (χ3n) is 3.21. The van der Waals surface area contributed by atoms with Crippen LogP contribution in [-0.2, 0) is 10.0 Å². The largest absolute Gasteiger partial charge is 0.397 e. The summed E-state index contributed by atoms with van der Waals surface area (Å²) in [5.41, 5.74) is 5.53. The van der Waals surface area contributed by atoms with Crippen LogP contribution in [0.25, 0.3) is 0 Å². The van der Waals surface area contributed by atoms with Gasteiger partial charge in [-0.1, -0.05) is 11.6 Å². The molecule has 0 aromatic heterocycles. The van der Waals surface area contributed by atoms with E-state index in [1.807, 2.05) is 0 Å². The van der Waals surface area contributed by atoms with Gasteiger partial charge in [-0.05, 0) is 31.0 Å². The van der Waals surface area contributed by atoms with Gasteiger partial charge >= 0.3 is 0 Å². The topological polar surface area (TPSA) is 92.4 Å². The van der Waals surface area contributed by atoms with E-state index in [1.54, 1.807) is 0 Å². The Kier molecular flexibility index (Phi) is 3.55. The smallest absolute Gasteiger partial charge is 0.240 e. The molecule has 5 nitrogen and oxygen atoms in total. The molecule has 0 saturated heterocycles.